The number of nitrogens with one attached hydrogen (secondary N) is 1. The second-order valence-electron chi connectivity index (χ2n) is 6.69. The zero-order chi connectivity index (χ0) is 17.6. The Balaban J connectivity index is 1.47. The van der Waals surface area contributed by atoms with Crippen molar-refractivity contribution in [3.8, 4) is 11.1 Å². The van der Waals surface area contributed by atoms with Gasteiger partial charge in [-0.15, -0.1) is 0 Å². The maximum Gasteiger partial charge on any atom is 0.254 e. The molecular weight excluding hydrogens is 359 g/mol. The standard InChI is InChI=1S/C19H16Cl2N2O2/c20-14-5-6-15(16(21)9-14)12-1-3-13(4-2-12)18(25)23-10-19(11-23)8-7-17(24)22-19/h1-6,9H,7-8,10-11H2,(H,22,24). The number of hydrogen-bond donors (Lipinski definition) is 1. The molecule has 0 atom stereocenters. The van der Waals surface area contributed by atoms with Crippen LogP contribution < -0.4 is 5.32 Å². The maximum absolute atomic E-state index is 12.6. The van der Waals surface area contributed by atoms with Gasteiger partial charge in [0, 0.05) is 40.7 Å². The molecule has 2 amide bonds. The van der Waals surface area contributed by atoms with Crippen LogP contribution >= 0.6 is 23.2 Å². The van der Waals surface area contributed by atoms with Crippen LogP contribution in [0.2, 0.25) is 10.0 Å². The number of nitrogens with zero attached hydrogens (tertiary/aromatic N) is 1. The molecular formula is C19H16Cl2N2O2. The number of benzene rings is 2. The molecule has 0 radical (unpaired) electrons. The van der Waals surface area contributed by atoms with E-state index in [1.165, 1.54) is 0 Å². The van der Waals surface area contributed by atoms with Crippen molar-refractivity contribution in [3.05, 3.63) is 58.1 Å². The Hall–Kier alpha value is -2.04. The van der Waals surface area contributed by atoms with Crippen LogP contribution in [0.5, 0.6) is 0 Å². The summed E-state index contributed by atoms with van der Waals surface area (Å²) in [4.78, 5) is 25.7. The van der Waals surface area contributed by atoms with Gasteiger partial charge in [-0.3, -0.25) is 9.59 Å². The first kappa shape index (κ1) is 16.4. The van der Waals surface area contributed by atoms with Gasteiger partial charge in [0.2, 0.25) is 5.91 Å². The molecule has 0 bridgehead atoms. The van der Waals surface area contributed by atoms with E-state index in [0.717, 1.165) is 17.5 Å². The molecule has 2 heterocycles. The van der Waals surface area contributed by atoms with Crippen molar-refractivity contribution in [3.63, 3.8) is 0 Å². The van der Waals surface area contributed by atoms with Crippen molar-refractivity contribution in [1.82, 2.24) is 10.2 Å². The number of halogens is 2. The lowest BCUT2D eigenvalue weighted by molar-refractivity contribution is -0.120. The smallest absolute Gasteiger partial charge is 0.254 e. The highest BCUT2D eigenvalue weighted by Crippen LogP contribution is 2.33. The van der Waals surface area contributed by atoms with Crippen LogP contribution in [-0.4, -0.2) is 35.3 Å². The average Bonchev–Trinajstić information content (AvgIpc) is 2.95. The summed E-state index contributed by atoms with van der Waals surface area (Å²) in [5.41, 5.74) is 2.25. The van der Waals surface area contributed by atoms with Crippen LogP contribution in [0.4, 0.5) is 0 Å². The van der Waals surface area contributed by atoms with Crippen molar-refractivity contribution in [1.29, 1.82) is 0 Å². The number of hydrogen-bond acceptors (Lipinski definition) is 2. The first-order valence-corrected chi connectivity index (χ1v) is 8.87. The summed E-state index contributed by atoms with van der Waals surface area (Å²) in [5, 5.41) is 4.15. The fourth-order valence-corrected chi connectivity index (χ4v) is 4.05. The SMILES string of the molecule is O=C1CCC2(CN(C(=O)c3ccc(-c4ccc(Cl)cc4Cl)cc3)C2)N1. The Morgan fingerprint density at radius 1 is 1.08 bits per heavy atom. The minimum atomic E-state index is -0.191. The van der Waals surface area contributed by atoms with Crippen molar-refractivity contribution in [2.24, 2.45) is 0 Å². The second-order valence-corrected chi connectivity index (χ2v) is 7.53. The van der Waals surface area contributed by atoms with Crippen LogP contribution in [0.25, 0.3) is 11.1 Å². The van der Waals surface area contributed by atoms with Gasteiger partial charge in [-0.25, -0.2) is 0 Å². The number of carbonyl (C=O) groups excluding carboxylic acids is 2. The molecule has 1 N–H and O–H groups in total. The summed E-state index contributed by atoms with van der Waals surface area (Å²) in [5.74, 6) is 0.0665. The largest absolute Gasteiger partial charge is 0.347 e. The fraction of sp³-hybridized carbons (Fsp3) is 0.263. The third-order valence-corrected chi connectivity index (χ3v) is 5.43. The average molecular weight is 375 g/mol. The van der Waals surface area contributed by atoms with Gasteiger partial charge in [0.1, 0.15) is 0 Å². The zero-order valence-corrected chi connectivity index (χ0v) is 14.9. The lowest BCUT2D eigenvalue weighted by Gasteiger charge is -2.47. The second kappa shape index (κ2) is 6.04. The molecule has 2 fully saturated rings. The molecule has 4 rings (SSSR count). The van der Waals surface area contributed by atoms with E-state index < -0.39 is 0 Å². The number of rotatable bonds is 2. The summed E-state index contributed by atoms with van der Waals surface area (Å²) >= 11 is 12.2. The summed E-state index contributed by atoms with van der Waals surface area (Å²) in [7, 11) is 0. The topological polar surface area (TPSA) is 49.4 Å². The molecule has 25 heavy (non-hydrogen) atoms. The first-order valence-electron chi connectivity index (χ1n) is 8.12. The van der Waals surface area contributed by atoms with Crippen LogP contribution in [-0.2, 0) is 4.79 Å². The van der Waals surface area contributed by atoms with E-state index in [-0.39, 0.29) is 17.4 Å². The Morgan fingerprint density at radius 2 is 1.80 bits per heavy atom. The molecule has 2 aromatic carbocycles. The fourth-order valence-electron chi connectivity index (χ4n) is 3.54. The normalized spacial score (nSPS) is 18.2. The van der Waals surface area contributed by atoms with Gasteiger partial charge in [-0.1, -0.05) is 41.4 Å². The molecule has 4 nitrogen and oxygen atoms in total. The highest BCUT2D eigenvalue weighted by Gasteiger charge is 2.49. The van der Waals surface area contributed by atoms with Gasteiger partial charge in [-0.2, -0.15) is 0 Å². The summed E-state index contributed by atoms with van der Waals surface area (Å²) in [6.45, 7) is 1.17. The van der Waals surface area contributed by atoms with Gasteiger partial charge < -0.3 is 10.2 Å². The van der Waals surface area contributed by atoms with Crippen LogP contribution in [0, 0.1) is 0 Å². The van der Waals surface area contributed by atoms with Crippen molar-refractivity contribution in [2.75, 3.05) is 13.1 Å². The number of carbonyl (C=O) groups is 2. The summed E-state index contributed by atoms with van der Waals surface area (Å²) in [6.07, 6.45) is 1.36. The first-order chi connectivity index (χ1) is 12.0. The van der Waals surface area contributed by atoms with Gasteiger partial charge >= 0.3 is 0 Å². The maximum atomic E-state index is 12.6. The third kappa shape index (κ3) is 3.00. The lowest BCUT2D eigenvalue weighted by Crippen LogP contribution is -2.68. The molecule has 2 aliphatic rings. The Morgan fingerprint density at radius 3 is 2.40 bits per heavy atom. The predicted molar refractivity (Wildman–Crippen MR) is 97.9 cm³/mol. The molecule has 0 saturated carbocycles. The van der Waals surface area contributed by atoms with E-state index in [0.29, 0.717) is 35.1 Å². The Kier molecular flexibility index (Phi) is 3.97. The van der Waals surface area contributed by atoms with Gasteiger partial charge in [0.15, 0.2) is 0 Å². The van der Waals surface area contributed by atoms with E-state index in [2.05, 4.69) is 5.32 Å². The van der Waals surface area contributed by atoms with Gasteiger partial charge in [-0.05, 0) is 36.2 Å². The van der Waals surface area contributed by atoms with Crippen LogP contribution in [0.1, 0.15) is 23.2 Å². The monoisotopic (exact) mass is 374 g/mol. The highest BCUT2D eigenvalue weighted by molar-refractivity contribution is 6.36. The molecule has 128 valence electrons. The third-order valence-electron chi connectivity index (χ3n) is 4.88. The minimum absolute atomic E-state index is 0.0134. The molecule has 2 saturated heterocycles. The lowest BCUT2D eigenvalue weighted by atomic mass is 9.87. The van der Waals surface area contributed by atoms with Crippen molar-refractivity contribution in [2.45, 2.75) is 18.4 Å². The van der Waals surface area contributed by atoms with Crippen LogP contribution in [0.15, 0.2) is 42.5 Å². The molecule has 2 aliphatic heterocycles. The van der Waals surface area contributed by atoms with Crippen LogP contribution in [0.3, 0.4) is 0 Å². The highest BCUT2D eigenvalue weighted by atomic mass is 35.5. The number of likely N-dealkylation sites (tertiary alicyclic amines) is 1. The van der Waals surface area contributed by atoms with E-state index in [4.69, 9.17) is 23.2 Å². The van der Waals surface area contributed by atoms with E-state index in [9.17, 15) is 9.59 Å². The molecule has 1 spiro atoms. The van der Waals surface area contributed by atoms with E-state index in [1.807, 2.05) is 18.2 Å². The number of amides is 2. The Bertz CT molecular complexity index is 858. The zero-order valence-electron chi connectivity index (χ0n) is 13.4. The molecule has 0 aliphatic carbocycles. The molecule has 6 heteroatoms. The summed E-state index contributed by atoms with van der Waals surface area (Å²) < 4.78 is 0. The molecule has 2 aromatic rings. The van der Waals surface area contributed by atoms with Gasteiger partial charge in [0.05, 0.1) is 5.54 Å². The molecule has 0 aromatic heterocycles. The predicted octanol–water partition coefficient (Wildman–Crippen LogP) is 3.77. The van der Waals surface area contributed by atoms with Gasteiger partial charge in [0.25, 0.3) is 5.91 Å². The van der Waals surface area contributed by atoms with E-state index >= 15 is 0 Å². The summed E-state index contributed by atoms with van der Waals surface area (Å²) in [6, 6.07) is 12.7. The minimum Gasteiger partial charge on any atom is -0.347 e. The van der Waals surface area contributed by atoms with Crippen molar-refractivity contribution < 1.29 is 9.59 Å². The van der Waals surface area contributed by atoms with E-state index in [1.54, 1.807) is 29.2 Å². The Labute approximate surface area is 155 Å². The quantitative estimate of drug-likeness (QED) is 0.869. The molecule has 0 unspecified atom stereocenters. The van der Waals surface area contributed by atoms with Crippen molar-refractivity contribution >= 4 is 35.0 Å².